The van der Waals surface area contributed by atoms with Crippen LogP contribution in [0.4, 0.5) is 13.2 Å². The minimum Gasteiger partial charge on any atom is -0.466 e. The van der Waals surface area contributed by atoms with Crippen LogP contribution in [-0.2, 0) is 30.7 Å². The van der Waals surface area contributed by atoms with Crippen LogP contribution >= 0.6 is 0 Å². The van der Waals surface area contributed by atoms with E-state index in [1.54, 1.807) is 44.2 Å². The minimum absolute atomic E-state index is 0.0488. The second-order valence-electron chi connectivity index (χ2n) is 7.01. The van der Waals surface area contributed by atoms with Gasteiger partial charge in [-0.25, -0.2) is 8.42 Å². The van der Waals surface area contributed by atoms with Crippen molar-refractivity contribution in [1.82, 2.24) is 4.72 Å². The van der Waals surface area contributed by atoms with Gasteiger partial charge in [0, 0.05) is 12.0 Å². The summed E-state index contributed by atoms with van der Waals surface area (Å²) in [4.78, 5) is 12.7. The summed E-state index contributed by atoms with van der Waals surface area (Å²) in [5.74, 6) is -2.24. The number of rotatable bonds is 12. The van der Waals surface area contributed by atoms with E-state index in [1.165, 1.54) is 18.2 Å². The number of carbonyl (C=O) groups excluding carboxylic acids is 1. The van der Waals surface area contributed by atoms with Gasteiger partial charge in [0.15, 0.2) is 0 Å². The van der Waals surface area contributed by atoms with Gasteiger partial charge in [-0.3, -0.25) is 4.79 Å². The highest BCUT2D eigenvalue weighted by Gasteiger charge is 2.34. The van der Waals surface area contributed by atoms with Crippen molar-refractivity contribution in [2.24, 2.45) is 5.92 Å². The summed E-state index contributed by atoms with van der Waals surface area (Å²) >= 11 is 0. The summed E-state index contributed by atoms with van der Waals surface area (Å²) in [6.45, 7) is 3.37. The second-order valence-corrected chi connectivity index (χ2v) is 8.60. The maximum absolute atomic E-state index is 12.7. The number of esters is 1. The number of nitrogens with one attached hydrogen (secondary N) is 1. The Morgan fingerprint density at radius 3 is 2.24 bits per heavy atom. The van der Waals surface area contributed by atoms with Gasteiger partial charge >= 0.3 is 12.3 Å². The topological polar surface area (TPSA) is 90.9 Å². The average molecular weight is 502 g/mol. The molecule has 0 aromatic heterocycles. The molecule has 0 spiro atoms. The Labute approximate surface area is 196 Å². The van der Waals surface area contributed by atoms with Crippen LogP contribution in [0.1, 0.15) is 25.0 Å². The molecule has 0 aliphatic rings. The Hall–Kier alpha value is -2.89. The van der Waals surface area contributed by atoms with E-state index in [0.717, 1.165) is 17.5 Å². The lowest BCUT2D eigenvalue weighted by atomic mass is 9.97. The van der Waals surface area contributed by atoms with E-state index in [-0.39, 0.29) is 19.6 Å². The summed E-state index contributed by atoms with van der Waals surface area (Å²) < 4.78 is 79.3. The highest BCUT2D eigenvalue weighted by molar-refractivity contribution is 7.92. The summed E-state index contributed by atoms with van der Waals surface area (Å²) in [5, 5.41) is 0.958. The molecule has 7 nitrogen and oxygen atoms in total. The van der Waals surface area contributed by atoms with Crippen molar-refractivity contribution in [3.8, 4) is 5.75 Å². The molecule has 11 heteroatoms. The smallest absolute Gasteiger partial charge is 0.466 e. The third-order valence-electron chi connectivity index (χ3n) is 4.43. The van der Waals surface area contributed by atoms with E-state index in [4.69, 9.17) is 9.47 Å². The zero-order chi connectivity index (χ0) is 25.2. The first kappa shape index (κ1) is 27.4. The normalized spacial score (nSPS) is 14.0. The summed E-state index contributed by atoms with van der Waals surface area (Å²) in [5.41, 5.74) is 1.11. The number of ether oxygens (including phenoxy) is 3. The number of carbonyl (C=O) groups is 1. The number of sulfonamides is 1. The molecule has 0 amide bonds. The van der Waals surface area contributed by atoms with Gasteiger partial charge in [0.25, 0.3) is 0 Å². The Balaban J connectivity index is 2.24. The standard InChI is InChI=1S/C23H26F3NO6S/c1-3-31-21(27-34(29,30)15-14-17-8-6-5-7-9-17)20(22(28)32-4-2)16-18-10-12-19(13-11-18)33-23(24,25)26/h5-15,20-21,27H,3-4,16H2,1-2H3/b15-14+. The van der Waals surface area contributed by atoms with Crippen LogP contribution in [0, 0.1) is 5.92 Å². The average Bonchev–Trinajstić information content (AvgIpc) is 2.77. The third kappa shape index (κ3) is 9.54. The largest absolute Gasteiger partial charge is 0.573 e. The molecule has 0 bridgehead atoms. The van der Waals surface area contributed by atoms with Crippen LogP contribution in [0.25, 0.3) is 6.08 Å². The lowest BCUT2D eigenvalue weighted by Gasteiger charge is -2.26. The van der Waals surface area contributed by atoms with Crippen molar-refractivity contribution in [3.63, 3.8) is 0 Å². The molecule has 0 saturated heterocycles. The molecule has 2 unspecified atom stereocenters. The van der Waals surface area contributed by atoms with Gasteiger partial charge < -0.3 is 14.2 Å². The molecule has 2 rings (SSSR count). The molecule has 0 heterocycles. The molecule has 0 fully saturated rings. The van der Waals surface area contributed by atoms with Gasteiger partial charge in [-0.2, -0.15) is 4.72 Å². The highest BCUT2D eigenvalue weighted by Crippen LogP contribution is 2.24. The molecule has 1 N–H and O–H groups in total. The zero-order valence-corrected chi connectivity index (χ0v) is 19.4. The number of halogens is 3. The Bertz CT molecular complexity index is 1040. The van der Waals surface area contributed by atoms with Crippen LogP contribution < -0.4 is 9.46 Å². The number of hydrogen-bond acceptors (Lipinski definition) is 6. The molecule has 34 heavy (non-hydrogen) atoms. The summed E-state index contributed by atoms with van der Waals surface area (Å²) in [7, 11) is -4.02. The maximum atomic E-state index is 12.7. The third-order valence-corrected chi connectivity index (χ3v) is 5.49. The number of benzene rings is 2. The first-order chi connectivity index (χ1) is 16.0. The zero-order valence-electron chi connectivity index (χ0n) is 18.6. The fraction of sp³-hybridized carbons (Fsp3) is 0.348. The van der Waals surface area contributed by atoms with E-state index in [1.807, 2.05) is 0 Å². The molecule has 0 aliphatic carbocycles. The Morgan fingerprint density at radius 2 is 1.68 bits per heavy atom. The summed E-state index contributed by atoms with van der Waals surface area (Å²) in [6.07, 6.45) is -4.77. The maximum Gasteiger partial charge on any atom is 0.573 e. The molecule has 2 atom stereocenters. The van der Waals surface area contributed by atoms with Gasteiger partial charge in [-0.1, -0.05) is 42.5 Å². The predicted octanol–water partition coefficient (Wildman–Crippen LogP) is 4.26. The molecule has 186 valence electrons. The van der Waals surface area contributed by atoms with Crippen LogP contribution in [0.2, 0.25) is 0 Å². The molecule has 0 saturated carbocycles. The quantitative estimate of drug-likeness (QED) is 0.345. The molecular formula is C23H26F3NO6S. The van der Waals surface area contributed by atoms with Gasteiger partial charge in [-0.15, -0.1) is 13.2 Å². The molecule has 2 aromatic carbocycles. The van der Waals surface area contributed by atoms with E-state index >= 15 is 0 Å². The van der Waals surface area contributed by atoms with Gasteiger partial charge in [0.05, 0.1) is 6.61 Å². The second kappa shape index (κ2) is 12.5. The predicted molar refractivity (Wildman–Crippen MR) is 120 cm³/mol. The molecule has 2 aromatic rings. The minimum atomic E-state index is -4.83. The molecule has 0 aliphatic heterocycles. The Kier molecular flexibility index (Phi) is 10.1. The van der Waals surface area contributed by atoms with Gasteiger partial charge in [0.2, 0.25) is 10.0 Å². The van der Waals surface area contributed by atoms with Crippen LogP contribution in [0.5, 0.6) is 5.75 Å². The van der Waals surface area contributed by atoms with Crippen LogP contribution in [0.3, 0.4) is 0 Å². The first-order valence-electron chi connectivity index (χ1n) is 10.4. The van der Waals surface area contributed by atoms with Gasteiger partial charge in [-0.05, 0) is 49.6 Å². The highest BCUT2D eigenvalue weighted by atomic mass is 32.2. The fourth-order valence-corrected chi connectivity index (χ4v) is 3.96. The monoisotopic (exact) mass is 501 g/mol. The van der Waals surface area contributed by atoms with E-state index < -0.39 is 40.3 Å². The molecular weight excluding hydrogens is 475 g/mol. The van der Waals surface area contributed by atoms with Crippen molar-refractivity contribution in [2.75, 3.05) is 13.2 Å². The fourth-order valence-electron chi connectivity index (χ4n) is 2.99. The lowest BCUT2D eigenvalue weighted by Crippen LogP contribution is -2.46. The van der Waals surface area contributed by atoms with Crippen molar-refractivity contribution in [3.05, 3.63) is 71.1 Å². The number of hydrogen-bond donors (Lipinski definition) is 1. The lowest BCUT2D eigenvalue weighted by molar-refractivity contribution is -0.274. The first-order valence-corrected chi connectivity index (χ1v) is 12.0. The van der Waals surface area contributed by atoms with Crippen LogP contribution in [0.15, 0.2) is 60.0 Å². The SMILES string of the molecule is CCOC(=O)C(Cc1ccc(OC(F)(F)F)cc1)C(NS(=O)(=O)/C=C/c1ccccc1)OCC. The van der Waals surface area contributed by atoms with Gasteiger partial charge in [0.1, 0.15) is 17.9 Å². The van der Waals surface area contributed by atoms with E-state index in [2.05, 4.69) is 9.46 Å². The van der Waals surface area contributed by atoms with Crippen molar-refractivity contribution in [2.45, 2.75) is 32.9 Å². The van der Waals surface area contributed by atoms with Crippen molar-refractivity contribution in [1.29, 1.82) is 0 Å². The van der Waals surface area contributed by atoms with E-state index in [0.29, 0.717) is 11.1 Å². The summed E-state index contributed by atoms with van der Waals surface area (Å²) in [6, 6.07) is 13.6. The number of alkyl halides is 3. The molecule has 0 radical (unpaired) electrons. The van der Waals surface area contributed by atoms with E-state index in [9.17, 15) is 26.4 Å². The van der Waals surface area contributed by atoms with Crippen LogP contribution in [-0.4, -0.2) is 40.2 Å². The Morgan fingerprint density at radius 1 is 1.03 bits per heavy atom. The van der Waals surface area contributed by atoms with Crippen molar-refractivity contribution >= 4 is 22.1 Å². The van der Waals surface area contributed by atoms with Crippen molar-refractivity contribution < 1.29 is 40.6 Å².